The molecule has 118 valence electrons. The van der Waals surface area contributed by atoms with Crippen molar-refractivity contribution in [3.63, 3.8) is 0 Å². The summed E-state index contributed by atoms with van der Waals surface area (Å²) in [5, 5.41) is 12.4. The predicted octanol–water partition coefficient (Wildman–Crippen LogP) is 2.35. The molecule has 0 radical (unpaired) electrons. The van der Waals surface area contributed by atoms with E-state index in [1.54, 1.807) is 12.1 Å². The van der Waals surface area contributed by atoms with Gasteiger partial charge in [0.25, 0.3) is 0 Å². The van der Waals surface area contributed by atoms with E-state index in [9.17, 15) is 18.7 Å². The van der Waals surface area contributed by atoms with Gasteiger partial charge < -0.3 is 15.2 Å². The molecule has 0 spiro atoms. The first kappa shape index (κ1) is 17.4. The number of aliphatic hydroxyl groups excluding tert-OH is 1. The van der Waals surface area contributed by atoms with E-state index in [0.29, 0.717) is 5.56 Å². The molecule has 0 aromatic heterocycles. The molecule has 21 heavy (non-hydrogen) atoms. The number of nitrogens with one attached hydrogen (secondary N) is 1. The Kier molecular flexibility index (Phi) is 7.08. The van der Waals surface area contributed by atoms with Crippen LogP contribution in [0.15, 0.2) is 24.3 Å². The van der Waals surface area contributed by atoms with E-state index in [4.69, 9.17) is 0 Å². The monoisotopic (exact) mass is 301 g/mol. The van der Waals surface area contributed by atoms with Crippen LogP contribution in [0.25, 0.3) is 0 Å². The van der Waals surface area contributed by atoms with Crippen LogP contribution in [-0.2, 0) is 11.2 Å². The quantitative estimate of drug-likeness (QED) is 0.775. The summed E-state index contributed by atoms with van der Waals surface area (Å²) in [5.41, 5.74) is 0.687. The minimum absolute atomic E-state index is 0.0568. The zero-order chi connectivity index (χ0) is 15.8. The smallest absolute Gasteiger partial charge is 0.387 e. The Labute approximate surface area is 123 Å². The molecule has 2 atom stereocenters. The van der Waals surface area contributed by atoms with Gasteiger partial charge in [0.15, 0.2) is 0 Å². The molecule has 0 saturated heterocycles. The Morgan fingerprint density at radius 3 is 2.48 bits per heavy atom. The molecule has 0 aliphatic carbocycles. The van der Waals surface area contributed by atoms with E-state index in [1.165, 1.54) is 12.1 Å². The molecular formula is C15H21F2NO3. The summed E-state index contributed by atoms with van der Waals surface area (Å²) >= 11 is 0. The summed E-state index contributed by atoms with van der Waals surface area (Å²) in [6.07, 6.45) is 0.394. The summed E-state index contributed by atoms with van der Waals surface area (Å²) in [7, 11) is 0. The molecule has 0 saturated carbocycles. The van der Waals surface area contributed by atoms with Crippen LogP contribution < -0.4 is 10.1 Å². The van der Waals surface area contributed by atoms with Crippen molar-refractivity contribution in [3.05, 3.63) is 29.8 Å². The van der Waals surface area contributed by atoms with E-state index in [2.05, 4.69) is 10.1 Å². The van der Waals surface area contributed by atoms with E-state index in [0.717, 1.165) is 6.42 Å². The van der Waals surface area contributed by atoms with E-state index in [-0.39, 0.29) is 30.5 Å². The fraction of sp³-hybridized carbons (Fsp3) is 0.533. The van der Waals surface area contributed by atoms with Gasteiger partial charge in [0.05, 0.1) is 12.5 Å². The zero-order valence-electron chi connectivity index (χ0n) is 12.2. The van der Waals surface area contributed by atoms with Crippen molar-refractivity contribution in [3.8, 4) is 5.75 Å². The Balaban J connectivity index is 2.41. The number of alkyl halides is 2. The maximum Gasteiger partial charge on any atom is 0.387 e. The first-order chi connectivity index (χ1) is 9.92. The van der Waals surface area contributed by atoms with Crippen molar-refractivity contribution < 1.29 is 23.4 Å². The lowest BCUT2D eigenvalue weighted by atomic mass is 10.0. The highest BCUT2D eigenvalue weighted by Gasteiger charge is 2.13. The fourth-order valence-electron chi connectivity index (χ4n) is 1.73. The molecule has 0 aliphatic heterocycles. The second-order valence-electron chi connectivity index (χ2n) is 4.96. The average molecular weight is 301 g/mol. The first-order valence-electron chi connectivity index (χ1n) is 6.90. The van der Waals surface area contributed by atoms with Crippen LogP contribution in [0.2, 0.25) is 0 Å². The van der Waals surface area contributed by atoms with Crippen LogP contribution in [0.3, 0.4) is 0 Å². The van der Waals surface area contributed by atoms with Gasteiger partial charge in [0.1, 0.15) is 5.75 Å². The molecule has 6 heteroatoms. The number of halogens is 2. The zero-order valence-corrected chi connectivity index (χ0v) is 12.2. The third-order valence-electron chi connectivity index (χ3n) is 3.32. The fourth-order valence-corrected chi connectivity index (χ4v) is 1.73. The molecule has 0 bridgehead atoms. The van der Waals surface area contributed by atoms with Gasteiger partial charge in [-0.05, 0) is 23.6 Å². The van der Waals surface area contributed by atoms with Gasteiger partial charge in [0, 0.05) is 6.54 Å². The standard InChI is InChI=1S/C15H21F2NO3/c1-3-10(2)13(19)9-18-14(20)8-11-4-6-12(7-5-11)21-15(16)17/h4-7,10,13,15,19H,3,8-9H2,1-2H3,(H,18,20). The lowest BCUT2D eigenvalue weighted by Gasteiger charge is -2.17. The highest BCUT2D eigenvalue weighted by Crippen LogP contribution is 2.15. The Morgan fingerprint density at radius 1 is 1.33 bits per heavy atom. The van der Waals surface area contributed by atoms with Crippen LogP contribution in [0.5, 0.6) is 5.75 Å². The second-order valence-corrected chi connectivity index (χ2v) is 4.96. The summed E-state index contributed by atoms with van der Waals surface area (Å²) in [6, 6.07) is 5.90. The van der Waals surface area contributed by atoms with E-state index in [1.807, 2.05) is 13.8 Å². The lowest BCUT2D eigenvalue weighted by molar-refractivity contribution is -0.121. The number of ether oxygens (including phenoxy) is 1. The van der Waals surface area contributed by atoms with Crippen LogP contribution in [0.4, 0.5) is 8.78 Å². The molecule has 2 unspecified atom stereocenters. The lowest BCUT2D eigenvalue weighted by Crippen LogP contribution is -2.36. The molecule has 4 nitrogen and oxygen atoms in total. The van der Waals surface area contributed by atoms with Crippen LogP contribution in [0.1, 0.15) is 25.8 Å². The SMILES string of the molecule is CCC(C)C(O)CNC(=O)Cc1ccc(OC(F)F)cc1. The van der Waals surface area contributed by atoms with Gasteiger partial charge in [-0.2, -0.15) is 8.78 Å². The molecule has 1 aromatic carbocycles. The van der Waals surface area contributed by atoms with Crippen molar-refractivity contribution in [1.82, 2.24) is 5.32 Å². The van der Waals surface area contributed by atoms with Crippen molar-refractivity contribution in [2.75, 3.05) is 6.54 Å². The number of benzene rings is 1. The Bertz CT molecular complexity index is 437. The molecule has 1 rings (SSSR count). The van der Waals surface area contributed by atoms with Crippen molar-refractivity contribution >= 4 is 5.91 Å². The van der Waals surface area contributed by atoms with Gasteiger partial charge in [-0.1, -0.05) is 32.4 Å². The van der Waals surface area contributed by atoms with Gasteiger partial charge in [-0.15, -0.1) is 0 Å². The molecule has 2 N–H and O–H groups in total. The summed E-state index contributed by atoms with van der Waals surface area (Å²) in [6.45, 7) is 1.23. The van der Waals surface area contributed by atoms with Gasteiger partial charge >= 0.3 is 6.61 Å². The first-order valence-corrected chi connectivity index (χ1v) is 6.90. The highest BCUT2D eigenvalue weighted by molar-refractivity contribution is 5.78. The van der Waals surface area contributed by atoms with E-state index < -0.39 is 12.7 Å². The largest absolute Gasteiger partial charge is 0.435 e. The average Bonchev–Trinajstić information content (AvgIpc) is 2.45. The number of hydrogen-bond donors (Lipinski definition) is 2. The number of amides is 1. The third kappa shape index (κ3) is 6.53. The maximum absolute atomic E-state index is 12.0. The number of carbonyl (C=O) groups excluding carboxylic acids is 1. The normalized spacial score (nSPS) is 13.8. The molecule has 0 heterocycles. The summed E-state index contributed by atoms with van der Waals surface area (Å²) in [5.74, 6) is -0.0442. The molecule has 1 amide bonds. The maximum atomic E-state index is 12.0. The number of rotatable bonds is 8. The number of aliphatic hydroxyl groups is 1. The Hall–Kier alpha value is -1.69. The van der Waals surface area contributed by atoms with Crippen LogP contribution >= 0.6 is 0 Å². The van der Waals surface area contributed by atoms with E-state index >= 15 is 0 Å². The minimum Gasteiger partial charge on any atom is -0.435 e. The number of carbonyl (C=O) groups is 1. The third-order valence-corrected chi connectivity index (χ3v) is 3.32. The Morgan fingerprint density at radius 2 is 1.95 bits per heavy atom. The molecule has 0 fully saturated rings. The molecule has 1 aromatic rings. The van der Waals surface area contributed by atoms with Gasteiger partial charge in [-0.25, -0.2) is 0 Å². The number of hydrogen-bond acceptors (Lipinski definition) is 3. The predicted molar refractivity (Wildman–Crippen MR) is 75.2 cm³/mol. The molecular weight excluding hydrogens is 280 g/mol. The highest BCUT2D eigenvalue weighted by atomic mass is 19.3. The summed E-state index contributed by atoms with van der Waals surface area (Å²) < 4.78 is 28.2. The van der Waals surface area contributed by atoms with Crippen molar-refractivity contribution in [2.45, 2.75) is 39.4 Å². The molecule has 0 aliphatic rings. The van der Waals surface area contributed by atoms with Crippen LogP contribution in [0, 0.1) is 5.92 Å². The topological polar surface area (TPSA) is 58.6 Å². The summed E-state index contributed by atoms with van der Waals surface area (Å²) in [4.78, 5) is 11.7. The van der Waals surface area contributed by atoms with Crippen molar-refractivity contribution in [1.29, 1.82) is 0 Å². The van der Waals surface area contributed by atoms with Gasteiger partial charge in [-0.3, -0.25) is 4.79 Å². The minimum atomic E-state index is -2.86. The van der Waals surface area contributed by atoms with Gasteiger partial charge in [0.2, 0.25) is 5.91 Å². The van der Waals surface area contributed by atoms with Crippen LogP contribution in [-0.4, -0.2) is 30.3 Å². The second kappa shape index (κ2) is 8.56. The van der Waals surface area contributed by atoms with Crippen molar-refractivity contribution in [2.24, 2.45) is 5.92 Å².